The SMILES string of the molecule is Cc1nn(CC2CC2)cc1Cc1nccnc1Cl. The van der Waals surface area contributed by atoms with Gasteiger partial charge in [0.05, 0.1) is 11.4 Å². The first-order chi connectivity index (χ1) is 8.72. The maximum atomic E-state index is 6.03. The molecule has 1 saturated carbocycles. The lowest BCUT2D eigenvalue weighted by Gasteiger charge is -2.00. The van der Waals surface area contributed by atoms with E-state index >= 15 is 0 Å². The second-order valence-corrected chi connectivity index (χ2v) is 5.23. The van der Waals surface area contributed by atoms with Crippen molar-refractivity contribution in [3.63, 3.8) is 0 Å². The van der Waals surface area contributed by atoms with Crippen LogP contribution in [0.15, 0.2) is 18.6 Å². The molecular formula is C13H15ClN4. The van der Waals surface area contributed by atoms with E-state index in [1.54, 1.807) is 12.4 Å². The van der Waals surface area contributed by atoms with Crippen molar-refractivity contribution in [3.8, 4) is 0 Å². The molecular weight excluding hydrogens is 248 g/mol. The van der Waals surface area contributed by atoms with Gasteiger partial charge in [0.15, 0.2) is 5.15 Å². The largest absolute Gasteiger partial charge is 0.272 e. The van der Waals surface area contributed by atoms with Gasteiger partial charge in [-0.3, -0.25) is 9.67 Å². The van der Waals surface area contributed by atoms with Crippen molar-refractivity contribution in [1.82, 2.24) is 19.7 Å². The first-order valence-corrected chi connectivity index (χ1v) is 6.58. The second-order valence-electron chi connectivity index (χ2n) is 4.88. The smallest absolute Gasteiger partial charge is 0.150 e. The first kappa shape index (κ1) is 11.7. The Balaban J connectivity index is 1.79. The monoisotopic (exact) mass is 262 g/mol. The molecule has 2 heterocycles. The van der Waals surface area contributed by atoms with E-state index in [2.05, 4.69) is 21.3 Å². The Bertz CT molecular complexity index is 560. The number of nitrogens with zero attached hydrogens (tertiary/aromatic N) is 4. The topological polar surface area (TPSA) is 43.6 Å². The van der Waals surface area contributed by atoms with Gasteiger partial charge >= 0.3 is 0 Å². The van der Waals surface area contributed by atoms with E-state index in [0.717, 1.165) is 23.9 Å². The zero-order valence-corrected chi connectivity index (χ0v) is 11.1. The Labute approximate surface area is 111 Å². The molecule has 0 bridgehead atoms. The number of hydrogen-bond acceptors (Lipinski definition) is 3. The fourth-order valence-electron chi connectivity index (χ4n) is 2.04. The van der Waals surface area contributed by atoms with Crippen LogP contribution >= 0.6 is 11.6 Å². The lowest BCUT2D eigenvalue weighted by molar-refractivity contribution is 0.559. The molecule has 0 aromatic carbocycles. The molecule has 1 aliphatic carbocycles. The second kappa shape index (κ2) is 4.69. The van der Waals surface area contributed by atoms with E-state index in [1.165, 1.54) is 18.4 Å². The summed E-state index contributed by atoms with van der Waals surface area (Å²) >= 11 is 6.03. The zero-order chi connectivity index (χ0) is 12.5. The molecule has 0 atom stereocenters. The molecule has 0 unspecified atom stereocenters. The molecule has 5 heteroatoms. The molecule has 0 radical (unpaired) electrons. The van der Waals surface area contributed by atoms with Crippen molar-refractivity contribution < 1.29 is 0 Å². The standard InChI is InChI=1S/C13H15ClN4/c1-9-11(6-12-13(14)16-5-4-15-12)8-18(17-9)7-10-2-3-10/h4-5,8,10H,2-3,6-7H2,1H3. The molecule has 0 aliphatic heterocycles. The Morgan fingerprint density at radius 1 is 1.33 bits per heavy atom. The fourth-order valence-corrected chi connectivity index (χ4v) is 2.21. The van der Waals surface area contributed by atoms with Crippen LogP contribution in [-0.4, -0.2) is 19.7 Å². The van der Waals surface area contributed by atoms with Crippen LogP contribution in [-0.2, 0) is 13.0 Å². The van der Waals surface area contributed by atoms with Gasteiger partial charge in [-0.05, 0) is 31.2 Å². The summed E-state index contributed by atoms with van der Waals surface area (Å²) in [6.07, 6.45) is 8.76. The van der Waals surface area contributed by atoms with Crippen molar-refractivity contribution in [1.29, 1.82) is 0 Å². The van der Waals surface area contributed by atoms with Crippen LogP contribution in [0.3, 0.4) is 0 Å². The van der Waals surface area contributed by atoms with Crippen molar-refractivity contribution >= 4 is 11.6 Å². The summed E-state index contributed by atoms with van der Waals surface area (Å²) in [6, 6.07) is 0. The minimum absolute atomic E-state index is 0.479. The predicted molar refractivity (Wildman–Crippen MR) is 69.5 cm³/mol. The molecule has 94 valence electrons. The van der Waals surface area contributed by atoms with Crippen molar-refractivity contribution in [2.45, 2.75) is 32.7 Å². The fraction of sp³-hybridized carbons (Fsp3) is 0.462. The lowest BCUT2D eigenvalue weighted by Crippen LogP contribution is -1.99. The third-order valence-electron chi connectivity index (χ3n) is 3.27. The van der Waals surface area contributed by atoms with E-state index in [-0.39, 0.29) is 0 Å². The van der Waals surface area contributed by atoms with Gasteiger partial charge in [-0.15, -0.1) is 0 Å². The van der Waals surface area contributed by atoms with Crippen LogP contribution in [0.5, 0.6) is 0 Å². The third-order valence-corrected chi connectivity index (χ3v) is 3.59. The minimum atomic E-state index is 0.479. The molecule has 0 saturated heterocycles. The summed E-state index contributed by atoms with van der Waals surface area (Å²) in [5.41, 5.74) is 3.05. The number of halogens is 1. The quantitative estimate of drug-likeness (QED) is 0.851. The van der Waals surface area contributed by atoms with Gasteiger partial charge < -0.3 is 0 Å². The maximum Gasteiger partial charge on any atom is 0.150 e. The summed E-state index contributed by atoms with van der Waals surface area (Å²) in [5.74, 6) is 0.831. The lowest BCUT2D eigenvalue weighted by atomic mass is 10.1. The summed E-state index contributed by atoms with van der Waals surface area (Å²) < 4.78 is 2.05. The minimum Gasteiger partial charge on any atom is -0.272 e. The van der Waals surface area contributed by atoms with Gasteiger partial charge in [-0.1, -0.05) is 11.6 Å². The highest BCUT2D eigenvalue weighted by molar-refractivity contribution is 6.30. The number of hydrogen-bond donors (Lipinski definition) is 0. The molecule has 1 fully saturated rings. The Hall–Kier alpha value is -1.42. The maximum absolute atomic E-state index is 6.03. The molecule has 3 rings (SSSR count). The van der Waals surface area contributed by atoms with Crippen molar-refractivity contribution in [2.75, 3.05) is 0 Å². The van der Waals surface area contributed by atoms with Gasteiger partial charge in [0.1, 0.15) is 0 Å². The van der Waals surface area contributed by atoms with Gasteiger partial charge in [-0.25, -0.2) is 4.98 Å². The molecule has 0 spiro atoms. The number of rotatable bonds is 4. The van der Waals surface area contributed by atoms with Gasteiger partial charge in [-0.2, -0.15) is 5.10 Å². The summed E-state index contributed by atoms with van der Waals surface area (Å²) in [6.45, 7) is 3.07. The van der Waals surface area contributed by atoms with E-state index in [4.69, 9.17) is 11.6 Å². The molecule has 0 N–H and O–H groups in total. The molecule has 4 nitrogen and oxygen atoms in total. The normalized spacial score (nSPS) is 15.0. The average Bonchev–Trinajstić information content (AvgIpc) is 3.08. The van der Waals surface area contributed by atoms with Gasteiger partial charge in [0.25, 0.3) is 0 Å². The molecule has 2 aromatic rings. The highest BCUT2D eigenvalue weighted by atomic mass is 35.5. The van der Waals surface area contributed by atoms with Crippen LogP contribution < -0.4 is 0 Å². The Morgan fingerprint density at radius 2 is 2.11 bits per heavy atom. The van der Waals surface area contributed by atoms with Crippen LogP contribution in [0.1, 0.15) is 29.8 Å². The van der Waals surface area contributed by atoms with E-state index < -0.39 is 0 Å². The molecule has 0 amide bonds. The van der Waals surface area contributed by atoms with E-state index in [9.17, 15) is 0 Å². The van der Waals surface area contributed by atoms with Crippen molar-refractivity contribution in [3.05, 3.63) is 40.7 Å². The van der Waals surface area contributed by atoms with Crippen molar-refractivity contribution in [2.24, 2.45) is 5.92 Å². The summed E-state index contributed by atoms with van der Waals surface area (Å²) in [7, 11) is 0. The van der Waals surface area contributed by atoms with Gasteiger partial charge in [0, 0.05) is 31.6 Å². The van der Waals surface area contributed by atoms with Crippen LogP contribution in [0, 0.1) is 12.8 Å². The molecule has 1 aliphatic rings. The van der Waals surface area contributed by atoms with E-state index in [0.29, 0.717) is 11.6 Å². The molecule has 18 heavy (non-hydrogen) atoms. The molecule has 2 aromatic heterocycles. The summed E-state index contributed by atoms with van der Waals surface area (Å²) in [5, 5.41) is 5.02. The van der Waals surface area contributed by atoms with Crippen LogP contribution in [0.4, 0.5) is 0 Å². The Morgan fingerprint density at radius 3 is 2.83 bits per heavy atom. The van der Waals surface area contributed by atoms with Gasteiger partial charge in [0.2, 0.25) is 0 Å². The Kier molecular flexibility index (Phi) is 3.04. The zero-order valence-electron chi connectivity index (χ0n) is 10.3. The first-order valence-electron chi connectivity index (χ1n) is 6.20. The highest BCUT2D eigenvalue weighted by Crippen LogP contribution is 2.30. The number of aromatic nitrogens is 4. The summed E-state index contributed by atoms with van der Waals surface area (Å²) in [4.78, 5) is 8.31. The van der Waals surface area contributed by atoms with Crippen LogP contribution in [0.2, 0.25) is 5.15 Å². The van der Waals surface area contributed by atoms with Crippen LogP contribution in [0.25, 0.3) is 0 Å². The third kappa shape index (κ3) is 2.53. The predicted octanol–water partition coefficient (Wildman–Crippen LogP) is 2.64. The number of aryl methyl sites for hydroxylation is 1. The van der Waals surface area contributed by atoms with E-state index in [1.807, 2.05) is 11.6 Å². The average molecular weight is 263 g/mol. The highest BCUT2D eigenvalue weighted by Gasteiger charge is 2.22.